The largest absolute Gasteiger partial charge is 0.392 e. The maximum Gasteiger partial charge on any atom is 0.108 e. The van der Waals surface area contributed by atoms with E-state index in [1.807, 2.05) is 42.6 Å². The highest BCUT2D eigenvalue weighted by Gasteiger charge is 2.06. The summed E-state index contributed by atoms with van der Waals surface area (Å²) >= 11 is 0. The number of aliphatic hydroxyl groups is 1. The van der Waals surface area contributed by atoms with Crippen LogP contribution >= 0.6 is 0 Å². The Morgan fingerprint density at radius 2 is 2.31 bits per heavy atom. The lowest BCUT2D eigenvalue weighted by atomic mass is 10.0. The number of benzene rings is 1. The van der Waals surface area contributed by atoms with Crippen LogP contribution in [0.15, 0.2) is 42.6 Å². The van der Waals surface area contributed by atoms with Crippen LogP contribution in [0.2, 0.25) is 0 Å². The molecule has 4 nitrogen and oxygen atoms in total. The topological polar surface area (TPSA) is 70.3 Å². The van der Waals surface area contributed by atoms with Gasteiger partial charge >= 0.3 is 0 Å². The standard InChI is InChI=1S/C12H15N3O/c13-15-12-5-4-11(7-14-12)10-3-1-2-9(6-10)8-16/h1-7,12,14-16H,8,13H2. The normalized spacial score (nSPS) is 19.1. The van der Waals surface area contributed by atoms with E-state index in [1.165, 1.54) is 0 Å². The minimum Gasteiger partial charge on any atom is -0.392 e. The van der Waals surface area contributed by atoms with Gasteiger partial charge < -0.3 is 10.4 Å². The summed E-state index contributed by atoms with van der Waals surface area (Å²) in [5.74, 6) is 5.31. The Balaban J connectivity index is 2.19. The second-order valence-corrected chi connectivity index (χ2v) is 3.63. The average molecular weight is 217 g/mol. The quantitative estimate of drug-likeness (QED) is 0.439. The first kappa shape index (κ1) is 10.9. The van der Waals surface area contributed by atoms with E-state index in [1.54, 1.807) is 0 Å². The molecule has 0 aliphatic carbocycles. The summed E-state index contributed by atoms with van der Waals surface area (Å²) in [6, 6.07) is 7.80. The molecule has 16 heavy (non-hydrogen) atoms. The number of rotatable bonds is 3. The Hall–Kier alpha value is -1.62. The number of dihydropyridines is 1. The van der Waals surface area contributed by atoms with Crippen molar-refractivity contribution in [3.05, 3.63) is 53.7 Å². The lowest BCUT2D eigenvalue weighted by Crippen LogP contribution is -2.43. The van der Waals surface area contributed by atoms with Crippen LogP contribution in [-0.4, -0.2) is 11.3 Å². The number of allylic oxidation sites excluding steroid dienone is 2. The van der Waals surface area contributed by atoms with Crippen LogP contribution in [0.3, 0.4) is 0 Å². The molecule has 1 aliphatic heterocycles. The van der Waals surface area contributed by atoms with Crippen molar-refractivity contribution in [1.82, 2.24) is 10.7 Å². The molecule has 2 rings (SSSR count). The van der Waals surface area contributed by atoms with Crippen molar-refractivity contribution < 1.29 is 5.11 Å². The van der Waals surface area contributed by atoms with Gasteiger partial charge in [-0.1, -0.05) is 24.3 Å². The van der Waals surface area contributed by atoms with Gasteiger partial charge in [-0.05, 0) is 28.8 Å². The average Bonchev–Trinajstić information content (AvgIpc) is 2.39. The van der Waals surface area contributed by atoms with Crippen LogP contribution in [0, 0.1) is 0 Å². The zero-order valence-electron chi connectivity index (χ0n) is 8.85. The first-order valence-electron chi connectivity index (χ1n) is 5.14. The second-order valence-electron chi connectivity index (χ2n) is 3.63. The monoisotopic (exact) mass is 217 g/mol. The maximum absolute atomic E-state index is 9.06. The molecular weight excluding hydrogens is 202 g/mol. The summed E-state index contributed by atoms with van der Waals surface area (Å²) < 4.78 is 0. The van der Waals surface area contributed by atoms with Crippen molar-refractivity contribution in [2.45, 2.75) is 12.8 Å². The first-order chi connectivity index (χ1) is 7.83. The number of aliphatic hydroxyl groups excluding tert-OH is 1. The van der Waals surface area contributed by atoms with Gasteiger partial charge in [0.2, 0.25) is 0 Å². The summed E-state index contributed by atoms with van der Waals surface area (Å²) in [4.78, 5) is 0. The smallest absolute Gasteiger partial charge is 0.108 e. The Labute approximate surface area is 94.4 Å². The lowest BCUT2D eigenvalue weighted by Gasteiger charge is -2.17. The molecular formula is C12H15N3O. The SMILES string of the molecule is NNC1C=CC(c2cccc(CO)c2)=CN1. The van der Waals surface area contributed by atoms with Crippen molar-refractivity contribution in [2.75, 3.05) is 0 Å². The van der Waals surface area contributed by atoms with Crippen LogP contribution < -0.4 is 16.6 Å². The minimum absolute atomic E-state index is 0.0234. The number of nitrogens with one attached hydrogen (secondary N) is 2. The summed E-state index contributed by atoms with van der Waals surface area (Å²) in [5.41, 5.74) is 5.67. The Kier molecular flexibility index (Phi) is 3.36. The molecule has 0 radical (unpaired) electrons. The van der Waals surface area contributed by atoms with Gasteiger partial charge in [0.1, 0.15) is 6.17 Å². The van der Waals surface area contributed by atoms with Crippen molar-refractivity contribution in [3.8, 4) is 0 Å². The fourth-order valence-corrected chi connectivity index (χ4v) is 1.62. The molecule has 1 unspecified atom stereocenters. The highest BCUT2D eigenvalue weighted by Crippen LogP contribution is 2.18. The van der Waals surface area contributed by atoms with Crippen molar-refractivity contribution >= 4 is 5.57 Å². The Morgan fingerprint density at radius 1 is 1.44 bits per heavy atom. The van der Waals surface area contributed by atoms with Crippen LogP contribution in [-0.2, 0) is 6.61 Å². The molecule has 5 N–H and O–H groups in total. The maximum atomic E-state index is 9.06. The van der Waals surface area contributed by atoms with E-state index >= 15 is 0 Å². The molecule has 0 bridgehead atoms. The number of hydrogen-bond acceptors (Lipinski definition) is 4. The zero-order valence-corrected chi connectivity index (χ0v) is 8.85. The lowest BCUT2D eigenvalue weighted by molar-refractivity contribution is 0.282. The summed E-state index contributed by atoms with van der Waals surface area (Å²) in [6.45, 7) is 0.0608. The van der Waals surface area contributed by atoms with Crippen molar-refractivity contribution in [3.63, 3.8) is 0 Å². The first-order valence-corrected chi connectivity index (χ1v) is 5.14. The number of hydrazine groups is 1. The molecule has 0 saturated carbocycles. The molecule has 4 heteroatoms. The minimum atomic E-state index is -0.0234. The number of hydrogen-bond donors (Lipinski definition) is 4. The van der Waals surface area contributed by atoms with E-state index in [0.717, 1.165) is 16.7 Å². The third kappa shape index (κ3) is 2.30. The molecule has 0 saturated heterocycles. The molecule has 1 aromatic rings. The van der Waals surface area contributed by atoms with Gasteiger partial charge in [0.05, 0.1) is 6.61 Å². The molecule has 0 spiro atoms. The van der Waals surface area contributed by atoms with Gasteiger partial charge in [-0.15, -0.1) is 0 Å². The van der Waals surface area contributed by atoms with Crippen LogP contribution in [0.5, 0.6) is 0 Å². The highest BCUT2D eigenvalue weighted by molar-refractivity contribution is 5.75. The third-order valence-electron chi connectivity index (χ3n) is 2.51. The van der Waals surface area contributed by atoms with E-state index in [4.69, 9.17) is 10.9 Å². The van der Waals surface area contributed by atoms with Crippen LogP contribution in [0.1, 0.15) is 11.1 Å². The fourth-order valence-electron chi connectivity index (χ4n) is 1.62. The van der Waals surface area contributed by atoms with Gasteiger partial charge in [0.25, 0.3) is 0 Å². The van der Waals surface area contributed by atoms with E-state index < -0.39 is 0 Å². The Bertz CT molecular complexity index is 426. The van der Waals surface area contributed by atoms with E-state index in [0.29, 0.717) is 0 Å². The van der Waals surface area contributed by atoms with Gasteiger partial charge in [-0.3, -0.25) is 5.84 Å². The van der Waals surface area contributed by atoms with E-state index in [2.05, 4.69) is 10.7 Å². The van der Waals surface area contributed by atoms with Crippen LogP contribution in [0.25, 0.3) is 5.57 Å². The number of nitrogens with two attached hydrogens (primary N) is 1. The molecule has 84 valence electrons. The molecule has 0 amide bonds. The highest BCUT2D eigenvalue weighted by atomic mass is 16.3. The predicted molar refractivity (Wildman–Crippen MR) is 63.7 cm³/mol. The van der Waals surface area contributed by atoms with Crippen molar-refractivity contribution in [2.24, 2.45) is 5.84 Å². The molecule has 0 aromatic heterocycles. The van der Waals surface area contributed by atoms with Gasteiger partial charge in [0.15, 0.2) is 0 Å². The summed E-state index contributed by atoms with van der Waals surface area (Å²) in [6.07, 6.45) is 5.82. The molecule has 1 aromatic carbocycles. The summed E-state index contributed by atoms with van der Waals surface area (Å²) in [7, 11) is 0. The Morgan fingerprint density at radius 3 is 2.94 bits per heavy atom. The molecule has 1 heterocycles. The third-order valence-corrected chi connectivity index (χ3v) is 2.51. The molecule has 1 aliphatic rings. The van der Waals surface area contributed by atoms with E-state index in [9.17, 15) is 0 Å². The van der Waals surface area contributed by atoms with Gasteiger partial charge in [-0.25, -0.2) is 5.43 Å². The fraction of sp³-hybridized carbons (Fsp3) is 0.167. The zero-order chi connectivity index (χ0) is 11.4. The summed E-state index contributed by atoms with van der Waals surface area (Å²) in [5, 5.41) is 12.2. The van der Waals surface area contributed by atoms with Gasteiger partial charge in [0, 0.05) is 6.20 Å². The molecule has 1 atom stereocenters. The second kappa shape index (κ2) is 4.94. The van der Waals surface area contributed by atoms with Crippen molar-refractivity contribution in [1.29, 1.82) is 0 Å². The van der Waals surface area contributed by atoms with Gasteiger partial charge in [-0.2, -0.15) is 0 Å². The molecule has 0 fully saturated rings. The van der Waals surface area contributed by atoms with Crippen LogP contribution in [0.4, 0.5) is 0 Å². The predicted octanol–water partition coefficient (Wildman–Crippen LogP) is 0.469. The van der Waals surface area contributed by atoms with E-state index in [-0.39, 0.29) is 12.8 Å².